The zero-order chi connectivity index (χ0) is 13.0. The van der Waals surface area contributed by atoms with Gasteiger partial charge in [0.1, 0.15) is 5.76 Å². The molecule has 0 aliphatic carbocycles. The summed E-state index contributed by atoms with van der Waals surface area (Å²) in [5, 5.41) is 3.51. The molecule has 0 aliphatic heterocycles. The summed E-state index contributed by atoms with van der Waals surface area (Å²) in [7, 11) is 0. The largest absolute Gasteiger partial charge is 0.466 e. The average Bonchev–Trinajstić information content (AvgIpc) is 2.78. The smallest absolute Gasteiger partial charge is 0.139 e. The minimum absolute atomic E-state index is 0.0445. The third-order valence-corrected chi connectivity index (χ3v) is 3.52. The third kappa shape index (κ3) is 2.82. The van der Waals surface area contributed by atoms with Gasteiger partial charge in [-0.3, -0.25) is 4.98 Å². The second-order valence-electron chi connectivity index (χ2n) is 4.20. The summed E-state index contributed by atoms with van der Waals surface area (Å²) in [6, 6.07) is 6.01. The molecular weight excluding hydrogens is 292 g/mol. The molecule has 1 N–H and O–H groups in total. The summed E-state index contributed by atoms with van der Waals surface area (Å²) < 4.78 is 6.58. The summed E-state index contributed by atoms with van der Waals surface area (Å²) in [4.78, 5) is 4.35. The maximum absolute atomic E-state index is 5.60. The van der Waals surface area contributed by atoms with E-state index in [-0.39, 0.29) is 6.04 Å². The Morgan fingerprint density at radius 1 is 1.44 bits per heavy atom. The van der Waals surface area contributed by atoms with E-state index in [1.165, 1.54) is 0 Å². The fourth-order valence-corrected chi connectivity index (χ4v) is 2.38. The lowest BCUT2D eigenvalue weighted by Gasteiger charge is -2.18. The van der Waals surface area contributed by atoms with Gasteiger partial charge in [-0.05, 0) is 53.5 Å². The number of halogens is 1. The highest BCUT2D eigenvalue weighted by atomic mass is 79.9. The Kier molecular flexibility index (Phi) is 4.55. The molecule has 0 amide bonds. The summed E-state index contributed by atoms with van der Waals surface area (Å²) in [5.74, 6) is 0.902. The zero-order valence-electron chi connectivity index (χ0n) is 10.6. The molecule has 2 aromatic rings. The van der Waals surface area contributed by atoms with E-state index < -0.39 is 0 Å². The third-order valence-electron chi connectivity index (χ3n) is 2.86. The molecule has 3 nitrogen and oxygen atoms in total. The number of furan rings is 1. The van der Waals surface area contributed by atoms with Crippen LogP contribution in [0.1, 0.15) is 36.4 Å². The quantitative estimate of drug-likeness (QED) is 0.912. The second-order valence-corrected chi connectivity index (χ2v) is 5.05. The van der Waals surface area contributed by atoms with Gasteiger partial charge in [0, 0.05) is 11.9 Å². The van der Waals surface area contributed by atoms with E-state index in [9.17, 15) is 0 Å². The number of nitrogens with one attached hydrogen (secondary N) is 1. The van der Waals surface area contributed by atoms with Crippen LogP contribution in [-0.2, 0) is 0 Å². The first-order valence-electron chi connectivity index (χ1n) is 6.11. The van der Waals surface area contributed by atoms with E-state index in [1.807, 2.05) is 25.3 Å². The first-order valence-corrected chi connectivity index (χ1v) is 6.91. The van der Waals surface area contributed by atoms with Crippen molar-refractivity contribution in [1.82, 2.24) is 10.3 Å². The Bertz CT molecular complexity index is 510. The molecule has 1 unspecified atom stereocenters. The van der Waals surface area contributed by atoms with Crippen LogP contribution < -0.4 is 5.32 Å². The molecule has 4 heteroatoms. The van der Waals surface area contributed by atoms with Gasteiger partial charge in [-0.25, -0.2) is 0 Å². The molecule has 0 bridgehead atoms. The van der Waals surface area contributed by atoms with E-state index in [1.54, 1.807) is 6.26 Å². The van der Waals surface area contributed by atoms with Crippen molar-refractivity contribution >= 4 is 15.9 Å². The zero-order valence-corrected chi connectivity index (χ0v) is 12.2. The molecule has 96 valence electrons. The lowest BCUT2D eigenvalue weighted by atomic mass is 10.0. The van der Waals surface area contributed by atoms with Crippen LogP contribution in [0.4, 0.5) is 0 Å². The van der Waals surface area contributed by atoms with Crippen LogP contribution in [0.2, 0.25) is 0 Å². The maximum atomic E-state index is 5.60. The van der Waals surface area contributed by atoms with Gasteiger partial charge < -0.3 is 9.73 Å². The summed E-state index contributed by atoms with van der Waals surface area (Å²) in [6.07, 6.45) is 4.59. The van der Waals surface area contributed by atoms with Gasteiger partial charge in [0.15, 0.2) is 0 Å². The van der Waals surface area contributed by atoms with Gasteiger partial charge in [0.25, 0.3) is 0 Å². The van der Waals surface area contributed by atoms with Crippen molar-refractivity contribution in [2.45, 2.75) is 26.3 Å². The lowest BCUT2D eigenvalue weighted by Crippen LogP contribution is -2.24. The van der Waals surface area contributed by atoms with Crippen LogP contribution in [-0.4, -0.2) is 11.5 Å². The van der Waals surface area contributed by atoms with Crippen molar-refractivity contribution in [1.29, 1.82) is 0 Å². The number of aryl methyl sites for hydroxylation is 1. The molecule has 0 fully saturated rings. The SMILES string of the molecule is CCCNC(c1cccnc1C)c1occc1Br. The first-order chi connectivity index (χ1) is 8.74. The monoisotopic (exact) mass is 308 g/mol. The molecule has 0 saturated heterocycles. The number of hydrogen-bond acceptors (Lipinski definition) is 3. The second kappa shape index (κ2) is 6.16. The molecule has 0 saturated carbocycles. The molecule has 18 heavy (non-hydrogen) atoms. The molecule has 0 spiro atoms. The van der Waals surface area contributed by atoms with Gasteiger partial charge in [0.2, 0.25) is 0 Å². The van der Waals surface area contributed by atoms with E-state index in [2.05, 4.69) is 39.2 Å². The number of hydrogen-bond donors (Lipinski definition) is 1. The fourth-order valence-electron chi connectivity index (χ4n) is 1.95. The van der Waals surface area contributed by atoms with Crippen LogP contribution >= 0.6 is 15.9 Å². The van der Waals surface area contributed by atoms with Crippen LogP contribution in [0.3, 0.4) is 0 Å². The fraction of sp³-hybridized carbons (Fsp3) is 0.357. The Labute approximate surface area is 116 Å². The van der Waals surface area contributed by atoms with Crippen molar-refractivity contribution in [3.05, 3.63) is 52.1 Å². The average molecular weight is 309 g/mol. The van der Waals surface area contributed by atoms with Gasteiger partial charge in [-0.1, -0.05) is 13.0 Å². The molecule has 0 aliphatic rings. The van der Waals surface area contributed by atoms with Crippen molar-refractivity contribution < 1.29 is 4.42 Å². The maximum Gasteiger partial charge on any atom is 0.139 e. The van der Waals surface area contributed by atoms with Crippen LogP contribution in [0.15, 0.2) is 39.5 Å². The van der Waals surface area contributed by atoms with E-state index >= 15 is 0 Å². The molecule has 2 heterocycles. The minimum Gasteiger partial charge on any atom is -0.466 e. The van der Waals surface area contributed by atoms with Crippen molar-refractivity contribution in [3.63, 3.8) is 0 Å². The molecule has 1 atom stereocenters. The predicted octanol–water partition coefficient (Wildman–Crippen LogP) is 3.83. The van der Waals surface area contributed by atoms with E-state index in [0.717, 1.165) is 34.5 Å². The van der Waals surface area contributed by atoms with Crippen molar-refractivity contribution in [2.24, 2.45) is 0 Å². The summed E-state index contributed by atoms with van der Waals surface area (Å²) in [5.41, 5.74) is 2.18. The number of rotatable bonds is 5. The van der Waals surface area contributed by atoms with E-state index in [4.69, 9.17) is 4.42 Å². The Morgan fingerprint density at radius 2 is 2.28 bits per heavy atom. The van der Waals surface area contributed by atoms with Crippen molar-refractivity contribution in [3.8, 4) is 0 Å². The van der Waals surface area contributed by atoms with Gasteiger partial charge in [-0.2, -0.15) is 0 Å². The Morgan fingerprint density at radius 3 is 2.89 bits per heavy atom. The van der Waals surface area contributed by atoms with Gasteiger partial charge in [0.05, 0.1) is 16.8 Å². The normalized spacial score (nSPS) is 12.6. The number of pyridine rings is 1. The van der Waals surface area contributed by atoms with Gasteiger partial charge >= 0.3 is 0 Å². The lowest BCUT2D eigenvalue weighted by molar-refractivity contribution is 0.443. The minimum atomic E-state index is 0.0445. The van der Waals surface area contributed by atoms with Crippen LogP contribution in [0.25, 0.3) is 0 Å². The Balaban J connectivity index is 2.37. The highest BCUT2D eigenvalue weighted by Gasteiger charge is 2.21. The van der Waals surface area contributed by atoms with Gasteiger partial charge in [-0.15, -0.1) is 0 Å². The number of nitrogens with zero attached hydrogens (tertiary/aromatic N) is 1. The standard InChI is InChI=1S/C14H17BrN2O/c1-3-7-17-13(14-12(15)6-9-18-14)11-5-4-8-16-10(11)2/h4-6,8-9,13,17H,3,7H2,1-2H3. The molecule has 2 rings (SSSR count). The topological polar surface area (TPSA) is 38.1 Å². The highest BCUT2D eigenvalue weighted by molar-refractivity contribution is 9.10. The summed E-state index contributed by atoms with van der Waals surface area (Å²) in [6.45, 7) is 5.11. The van der Waals surface area contributed by atoms with Crippen LogP contribution in [0.5, 0.6) is 0 Å². The summed E-state index contributed by atoms with van der Waals surface area (Å²) >= 11 is 3.53. The highest BCUT2D eigenvalue weighted by Crippen LogP contribution is 2.30. The molecule has 2 aromatic heterocycles. The molecule has 0 radical (unpaired) electrons. The first kappa shape index (κ1) is 13.3. The molecule has 0 aromatic carbocycles. The molecular formula is C14H17BrN2O. The predicted molar refractivity (Wildman–Crippen MR) is 75.5 cm³/mol. The Hall–Kier alpha value is -1.13. The van der Waals surface area contributed by atoms with Crippen molar-refractivity contribution in [2.75, 3.05) is 6.54 Å². The van der Waals surface area contributed by atoms with Crippen LogP contribution in [0, 0.1) is 6.92 Å². The number of aromatic nitrogens is 1. The van der Waals surface area contributed by atoms with E-state index in [0.29, 0.717) is 0 Å².